The molecule has 4 heteroatoms. The van der Waals surface area contributed by atoms with Gasteiger partial charge in [0.1, 0.15) is 0 Å². The van der Waals surface area contributed by atoms with Gasteiger partial charge in [-0.2, -0.15) is 10.2 Å². The van der Waals surface area contributed by atoms with E-state index < -0.39 is 0 Å². The fourth-order valence-electron chi connectivity index (χ4n) is 2.46. The van der Waals surface area contributed by atoms with Crippen LogP contribution in [0.4, 0.5) is 17.1 Å². The second-order valence-corrected chi connectivity index (χ2v) is 6.27. The van der Waals surface area contributed by atoms with E-state index in [0.717, 1.165) is 22.6 Å². The van der Waals surface area contributed by atoms with Crippen molar-refractivity contribution in [3.63, 3.8) is 0 Å². The van der Waals surface area contributed by atoms with Crippen LogP contribution < -0.4 is 4.90 Å². The van der Waals surface area contributed by atoms with E-state index in [9.17, 15) is 4.79 Å². The van der Waals surface area contributed by atoms with Gasteiger partial charge in [0.25, 0.3) is 0 Å². The molecule has 3 aromatic carbocycles. The summed E-state index contributed by atoms with van der Waals surface area (Å²) in [5.41, 5.74) is 4.31. The van der Waals surface area contributed by atoms with E-state index in [-0.39, 0.29) is 5.78 Å². The predicted octanol–water partition coefficient (Wildman–Crippen LogP) is 6.06. The molecule has 0 saturated heterocycles. The van der Waals surface area contributed by atoms with Crippen LogP contribution in [-0.2, 0) is 0 Å². The Kier molecular flexibility index (Phi) is 5.90. The summed E-state index contributed by atoms with van der Waals surface area (Å²) in [7, 11) is 4.00. The van der Waals surface area contributed by atoms with E-state index in [2.05, 4.69) is 10.2 Å². The summed E-state index contributed by atoms with van der Waals surface area (Å²) in [5.74, 6) is -0.0134. The second kappa shape index (κ2) is 8.72. The Balaban J connectivity index is 1.63. The average molecular weight is 355 g/mol. The molecule has 3 aromatic rings. The molecule has 134 valence electrons. The molecule has 0 amide bonds. The lowest BCUT2D eigenvalue weighted by Gasteiger charge is -2.11. The first-order valence-electron chi connectivity index (χ1n) is 8.68. The van der Waals surface area contributed by atoms with Gasteiger partial charge in [-0.1, -0.05) is 48.5 Å². The Bertz CT molecular complexity index is 941. The molecule has 0 spiro atoms. The maximum absolute atomic E-state index is 12.1. The van der Waals surface area contributed by atoms with Gasteiger partial charge in [0.2, 0.25) is 0 Å². The molecule has 0 aliphatic carbocycles. The molecule has 0 fully saturated rings. The Hall–Kier alpha value is -3.53. The molecule has 0 heterocycles. The first-order valence-corrected chi connectivity index (χ1v) is 8.68. The quantitative estimate of drug-likeness (QED) is 0.306. The standard InChI is InChI=1S/C23H21N3O/c1-26(2)22-15-13-21(14-16-22)25-24-20-11-8-18(9-12-20)10-17-23(27)19-6-4-3-5-7-19/h3-17H,1-2H3/b17-10+,25-24+. The highest BCUT2D eigenvalue weighted by Gasteiger charge is 1.99. The minimum absolute atomic E-state index is 0.0134. The molecule has 4 nitrogen and oxygen atoms in total. The molecule has 27 heavy (non-hydrogen) atoms. The number of rotatable bonds is 6. The molecule has 0 aliphatic heterocycles. The van der Waals surface area contributed by atoms with Crippen molar-refractivity contribution in [3.05, 3.63) is 96.1 Å². The van der Waals surface area contributed by atoms with Crippen molar-refractivity contribution < 1.29 is 4.79 Å². The minimum Gasteiger partial charge on any atom is -0.378 e. The van der Waals surface area contributed by atoms with Crippen LogP contribution >= 0.6 is 0 Å². The number of allylic oxidation sites excluding steroid dienone is 1. The number of carbonyl (C=O) groups excluding carboxylic acids is 1. The van der Waals surface area contributed by atoms with Crippen LogP contribution in [0.2, 0.25) is 0 Å². The third kappa shape index (κ3) is 5.22. The van der Waals surface area contributed by atoms with Crippen molar-refractivity contribution in [2.45, 2.75) is 0 Å². The summed E-state index contributed by atoms with van der Waals surface area (Å²) in [6.07, 6.45) is 3.38. The van der Waals surface area contributed by atoms with Crippen LogP contribution in [0, 0.1) is 0 Å². The molecular weight excluding hydrogens is 334 g/mol. The Morgan fingerprint density at radius 2 is 1.33 bits per heavy atom. The molecule has 0 N–H and O–H groups in total. The van der Waals surface area contributed by atoms with Crippen molar-refractivity contribution in [3.8, 4) is 0 Å². The first kappa shape index (κ1) is 18.3. The van der Waals surface area contributed by atoms with Crippen molar-refractivity contribution in [1.29, 1.82) is 0 Å². The maximum Gasteiger partial charge on any atom is 0.185 e. The number of hydrogen-bond donors (Lipinski definition) is 0. The third-order valence-electron chi connectivity index (χ3n) is 4.03. The zero-order valence-electron chi connectivity index (χ0n) is 15.4. The monoisotopic (exact) mass is 355 g/mol. The fraction of sp³-hybridized carbons (Fsp3) is 0.0870. The topological polar surface area (TPSA) is 45.0 Å². The molecule has 0 aromatic heterocycles. The van der Waals surface area contributed by atoms with Crippen molar-refractivity contribution >= 4 is 28.9 Å². The van der Waals surface area contributed by atoms with Crippen LogP contribution in [0.5, 0.6) is 0 Å². The van der Waals surface area contributed by atoms with E-state index in [4.69, 9.17) is 0 Å². The number of benzene rings is 3. The number of nitrogens with zero attached hydrogens (tertiary/aromatic N) is 3. The van der Waals surface area contributed by atoms with Crippen LogP contribution in [0.15, 0.2) is 95.2 Å². The van der Waals surface area contributed by atoms with Crippen molar-refractivity contribution in [1.82, 2.24) is 0 Å². The van der Waals surface area contributed by atoms with Crippen LogP contribution in [0.3, 0.4) is 0 Å². The summed E-state index contributed by atoms with van der Waals surface area (Å²) in [4.78, 5) is 14.1. The first-order chi connectivity index (χ1) is 13.1. The average Bonchev–Trinajstić information content (AvgIpc) is 2.72. The molecule has 0 aliphatic rings. The lowest BCUT2D eigenvalue weighted by Crippen LogP contribution is -2.07. The van der Waals surface area contributed by atoms with Gasteiger partial charge in [0, 0.05) is 25.3 Å². The fourth-order valence-corrected chi connectivity index (χ4v) is 2.46. The second-order valence-electron chi connectivity index (χ2n) is 6.27. The molecule has 0 radical (unpaired) electrons. The summed E-state index contributed by atoms with van der Waals surface area (Å²) in [6, 6.07) is 24.7. The highest BCUT2D eigenvalue weighted by Crippen LogP contribution is 2.21. The zero-order valence-corrected chi connectivity index (χ0v) is 15.4. The highest BCUT2D eigenvalue weighted by atomic mass is 16.1. The van der Waals surface area contributed by atoms with Gasteiger partial charge in [-0.25, -0.2) is 0 Å². The third-order valence-corrected chi connectivity index (χ3v) is 4.03. The summed E-state index contributed by atoms with van der Waals surface area (Å²) in [5, 5.41) is 8.51. The molecule has 0 atom stereocenters. The summed E-state index contributed by atoms with van der Waals surface area (Å²) >= 11 is 0. The molecule has 3 rings (SSSR count). The predicted molar refractivity (Wildman–Crippen MR) is 111 cm³/mol. The van der Waals surface area contributed by atoms with E-state index in [0.29, 0.717) is 5.56 Å². The van der Waals surface area contributed by atoms with Gasteiger partial charge < -0.3 is 4.90 Å². The smallest absolute Gasteiger partial charge is 0.185 e. The molecule has 0 bridgehead atoms. The lowest BCUT2D eigenvalue weighted by atomic mass is 10.1. The maximum atomic E-state index is 12.1. The van der Waals surface area contributed by atoms with Gasteiger partial charge in [0.05, 0.1) is 11.4 Å². The SMILES string of the molecule is CN(C)c1ccc(/N=N/c2ccc(/C=C/C(=O)c3ccccc3)cc2)cc1. The van der Waals surface area contributed by atoms with Crippen molar-refractivity contribution in [2.24, 2.45) is 10.2 Å². The number of hydrogen-bond acceptors (Lipinski definition) is 4. The molecular formula is C23H21N3O. The normalized spacial score (nSPS) is 11.2. The van der Waals surface area contributed by atoms with Gasteiger partial charge in [-0.15, -0.1) is 0 Å². The Labute approximate surface area is 159 Å². The number of azo groups is 1. The Morgan fingerprint density at radius 3 is 1.89 bits per heavy atom. The van der Waals surface area contributed by atoms with Crippen LogP contribution in [0.1, 0.15) is 15.9 Å². The van der Waals surface area contributed by atoms with E-state index in [1.165, 1.54) is 0 Å². The largest absolute Gasteiger partial charge is 0.378 e. The number of anilines is 1. The van der Waals surface area contributed by atoms with E-state index >= 15 is 0 Å². The van der Waals surface area contributed by atoms with E-state index in [1.54, 1.807) is 24.3 Å². The van der Waals surface area contributed by atoms with Gasteiger partial charge >= 0.3 is 0 Å². The Morgan fingerprint density at radius 1 is 0.778 bits per heavy atom. The lowest BCUT2D eigenvalue weighted by molar-refractivity contribution is 0.104. The number of carbonyl (C=O) groups is 1. The van der Waals surface area contributed by atoms with Crippen molar-refractivity contribution in [2.75, 3.05) is 19.0 Å². The van der Waals surface area contributed by atoms with Crippen LogP contribution in [-0.4, -0.2) is 19.9 Å². The molecule has 0 saturated carbocycles. The number of ketones is 1. The summed E-state index contributed by atoms with van der Waals surface area (Å²) < 4.78 is 0. The van der Waals surface area contributed by atoms with Gasteiger partial charge in [-0.05, 0) is 48.0 Å². The molecule has 0 unspecified atom stereocenters. The zero-order chi connectivity index (χ0) is 19.1. The summed E-state index contributed by atoms with van der Waals surface area (Å²) in [6.45, 7) is 0. The highest BCUT2D eigenvalue weighted by molar-refractivity contribution is 6.06. The van der Waals surface area contributed by atoms with Crippen LogP contribution in [0.25, 0.3) is 6.08 Å². The van der Waals surface area contributed by atoms with E-state index in [1.807, 2.05) is 85.7 Å². The van der Waals surface area contributed by atoms with Gasteiger partial charge in [0.15, 0.2) is 5.78 Å². The minimum atomic E-state index is -0.0134. The van der Waals surface area contributed by atoms with Gasteiger partial charge in [-0.3, -0.25) is 4.79 Å².